The van der Waals surface area contributed by atoms with Crippen molar-refractivity contribution < 1.29 is 28.6 Å². The Kier molecular flexibility index (Phi) is 64.7. The van der Waals surface area contributed by atoms with E-state index in [4.69, 9.17) is 14.2 Å². The number of rotatable bonds is 62. The molecular weight excluding hydrogens is 985 g/mol. The highest BCUT2D eigenvalue weighted by molar-refractivity contribution is 5.71. The second kappa shape index (κ2) is 67.8. The Morgan fingerprint density at radius 3 is 0.812 bits per heavy atom. The Bertz CT molecular complexity index is 1560. The van der Waals surface area contributed by atoms with Crippen LogP contribution in [0.2, 0.25) is 0 Å². The monoisotopic (exact) mass is 1110 g/mol. The minimum absolute atomic E-state index is 0.104. The van der Waals surface area contributed by atoms with Crippen molar-refractivity contribution in [3.63, 3.8) is 0 Å². The third kappa shape index (κ3) is 65.1. The highest BCUT2D eigenvalue weighted by atomic mass is 16.6. The standard InChI is InChI=1S/C74H128O6/c1-4-7-10-13-16-19-22-25-28-31-33-34-35-36-37-38-39-40-42-43-46-49-52-55-58-61-64-67-73(76)79-70-71(69-78-72(75)66-63-60-57-54-51-48-45-30-27-24-21-18-15-12-9-6-3)80-74(77)68-65-62-59-56-53-50-47-44-41-32-29-26-23-20-17-14-11-8-5-2/h8,11,17,20,22,25-26,29,31,33,41,44,50,53,59,62,71H,4-7,9-10,12-16,18-19,21,23-24,27-28,30,32,34-40,42-43,45-49,51-52,54-58,60-61,63-70H2,1-3H3/b11-8-,20-17-,25-22-,29-26-,33-31-,44-41-,53-50-,62-59-. The van der Waals surface area contributed by atoms with Gasteiger partial charge in [-0.3, -0.25) is 14.4 Å². The van der Waals surface area contributed by atoms with Gasteiger partial charge in [-0.25, -0.2) is 0 Å². The summed E-state index contributed by atoms with van der Waals surface area (Å²) >= 11 is 0. The lowest BCUT2D eigenvalue weighted by molar-refractivity contribution is -0.166. The van der Waals surface area contributed by atoms with E-state index < -0.39 is 6.10 Å². The van der Waals surface area contributed by atoms with E-state index in [0.717, 1.165) is 83.5 Å². The summed E-state index contributed by atoms with van der Waals surface area (Å²) in [7, 11) is 0. The van der Waals surface area contributed by atoms with Gasteiger partial charge in [0.2, 0.25) is 0 Å². The minimum Gasteiger partial charge on any atom is -0.462 e. The predicted octanol–water partition coefficient (Wildman–Crippen LogP) is 23.6. The van der Waals surface area contributed by atoms with Crippen molar-refractivity contribution >= 4 is 17.9 Å². The molecule has 1 atom stereocenters. The number of ether oxygens (including phenoxy) is 3. The molecule has 0 N–H and O–H groups in total. The third-order valence-corrected chi connectivity index (χ3v) is 14.8. The highest BCUT2D eigenvalue weighted by Crippen LogP contribution is 2.17. The number of esters is 3. The molecule has 6 heteroatoms. The van der Waals surface area contributed by atoms with E-state index >= 15 is 0 Å². The first-order valence-corrected chi connectivity index (χ1v) is 34.2. The minimum atomic E-state index is -0.818. The van der Waals surface area contributed by atoms with Gasteiger partial charge in [0, 0.05) is 19.3 Å². The van der Waals surface area contributed by atoms with Crippen LogP contribution in [-0.2, 0) is 28.6 Å². The predicted molar refractivity (Wildman–Crippen MR) is 348 cm³/mol. The quantitative estimate of drug-likeness (QED) is 0.0261. The van der Waals surface area contributed by atoms with Crippen molar-refractivity contribution in [2.75, 3.05) is 13.2 Å². The van der Waals surface area contributed by atoms with E-state index in [1.165, 1.54) is 205 Å². The van der Waals surface area contributed by atoms with Crippen molar-refractivity contribution in [1.82, 2.24) is 0 Å². The highest BCUT2D eigenvalue weighted by Gasteiger charge is 2.19. The van der Waals surface area contributed by atoms with Gasteiger partial charge in [0.1, 0.15) is 13.2 Å². The number of unbranched alkanes of at least 4 members (excludes halogenated alkanes) is 35. The van der Waals surface area contributed by atoms with E-state index in [0.29, 0.717) is 19.3 Å². The maximum absolute atomic E-state index is 12.9. The first kappa shape index (κ1) is 76.3. The summed E-state index contributed by atoms with van der Waals surface area (Å²) in [5.41, 5.74) is 0. The van der Waals surface area contributed by atoms with E-state index in [1.54, 1.807) is 0 Å². The van der Waals surface area contributed by atoms with Crippen molar-refractivity contribution in [2.24, 2.45) is 0 Å². The van der Waals surface area contributed by atoms with E-state index in [2.05, 4.69) is 112 Å². The Hall–Kier alpha value is -3.67. The first-order valence-electron chi connectivity index (χ1n) is 34.2. The number of allylic oxidation sites excluding steroid dienone is 16. The first-order chi connectivity index (χ1) is 39.5. The zero-order valence-corrected chi connectivity index (χ0v) is 52.8. The number of carbonyl (C=O) groups is 3. The van der Waals surface area contributed by atoms with Gasteiger partial charge in [-0.15, -0.1) is 0 Å². The summed E-state index contributed by atoms with van der Waals surface area (Å²) in [6.07, 6.45) is 91.5. The molecule has 0 aromatic heterocycles. The molecule has 0 aromatic carbocycles. The summed E-state index contributed by atoms with van der Waals surface area (Å²) in [5, 5.41) is 0. The Morgan fingerprint density at radius 1 is 0.263 bits per heavy atom. The lowest BCUT2D eigenvalue weighted by Gasteiger charge is -2.18. The number of hydrogen-bond donors (Lipinski definition) is 0. The van der Waals surface area contributed by atoms with Gasteiger partial charge in [-0.1, -0.05) is 323 Å². The Labute approximate surface area is 496 Å². The summed E-state index contributed by atoms with van der Waals surface area (Å²) in [6, 6.07) is 0. The molecule has 460 valence electrons. The molecule has 6 nitrogen and oxygen atoms in total. The van der Waals surface area contributed by atoms with Gasteiger partial charge in [-0.05, 0) is 89.9 Å². The molecule has 80 heavy (non-hydrogen) atoms. The van der Waals surface area contributed by atoms with Gasteiger partial charge in [0.05, 0.1) is 0 Å². The number of hydrogen-bond acceptors (Lipinski definition) is 6. The van der Waals surface area contributed by atoms with Crippen LogP contribution in [0.5, 0.6) is 0 Å². The van der Waals surface area contributed by atoms with Crippen LogP contribution in [0.25, 0.3) is 0 Å². The van der Waals surface area contributed by atoms with E-state index in [-0.39, 0.29) is 37.5 Å². The molecule has 0 amide bonds. The van der Waals surface area contributed by atoms with Crippen LogP contribution >= 0.6 is 0 Å². The zero-order chi connectivity index (χ0) is 57.8. The fourth-order valence-electron chi connectivity index (χ4n) is 9.74. The molecule has 0 fully saturated rings. The molecule has 0 saturated carbocycles. The van der Waals surface area contributed by atoms with Gasteiger partial charge in [0.15, 0.2) is 6.10 Å². The van der Waals surface area contributed by atoms with Crippen LogP contribution in [0.1, 0.15) is 335 Å². The third-order valence-electron chi connectivity index (χ3n) is 14.8. The Morgan fingerprint density at radius 2 is 0.512 bits per heavy atom. The van der Waals surface area contributed by atoms with Crippen LogP contribution < -0.4 is 0 Å². The summed E-state index contributed by atoms with van der Waals surface area (Å²) in [5.74, 6) is -0.974. The average molecular weight is 1110 g/mol. The van der Waals surface area contributed by atoms with Gasteiger partial charge >= 0.3 is 17.9 Å². The largest absolute Gasteiger partial charge is 0.462 e. The van der Waals surface area contributed by atoms with Crippen LogP contribution in [0.4, 0.5) is 0 Å². The molecule has 0 rings (SSSR count). The SMILES string of the molecule is CC/C=C\C/C=C\C/C=C\C/C=C\C/C=C\C/C=C\CCC(=O)OC(COC(=O)CCCCCCCCCCCCCCCCCC)COC(=O)CCCCCCCCCCCCCCCCC/C=C\C/C=C\CCCCCCC. The fraction of sp³-hybridized carbons (Fsp3) is 0.743. The molecule has 0 radical (unpaired) electrons. The lowest BCUT2D eigenvalue weighted by Crippen LogP contribution is -2.30. The molecule has 0 aliphatic carbocycles. The molecule has 0 bridgehead atoms. The van der Waals surface area contributed by atoms with Crippen LogP contribution in [0, 0.1) is 0 Å². The van der Waals surface area contributed by atoms with Crippen LogP contribution in [0.3, 0.4) is 0 Å². The summed E-state index contributed by atoms with van der Waals surface area (Å²) in [4.78, 5) is 38.4. The zero-order valence-electron chi connectivity index (χ0n) is 52.8. The smallest absolute Gasteiger partial charge is 0.306 e. The molecular formula is C74H128O6. The van der Waals surface area contributed by atoms with Crippen molar-refractivity contribution in [3.05, 3.63) is 97.2 Å². The second-order valence-electron chi connectivity index (χ2n) is 22.7. The van der Waals surface area contributed by atoms with E-state index in [1.807, 2.05) is 6.08 Å². The van der Waals surface area contributed by atoms with Crippen molar-refractivity contribution in [1.29, 1.82) is 0 Å². The number of carbonyl (C=O) groups excluding carboxylic acids is 3. The molecule has 0 spiro atoms. The van der Waals surface area contributed by atoms with Crippen LogP contribution in [-0.4, -0.2) is 37.2 Å². The molecule has 0 saturated heterocycles. The molecule has 0 heterocycles. The van der Waals surface area contributed by atoms with Crippen LogP contribution in [0.15, 0.2) is 97.2 Å². The second-order valence-corrected chi connectivity index (χ2v) is 22.7. The molecule has 0 aliphatic heterocycles. The molecule has 0 aliphatic rings. The van der Waals surface area contributed by atoms with Gasteiger partial charge in [0.25, 0.3) is 0 Å². The molecule has 1 unspecified atom stereocenters. The summed E-state index contributed by atoms with van der Waals surface area (Å²) < 4.78 is 16.9. The Balaban J connectivity index is 4.37. The summed E-state index contributed by atoms with van der Waals surface area (Å²) in [6.45, 7) is 6.50. The van der Waals surface area contributed by atoms with Crippen molar-refractivity contribution in [2.45, 2.75) is 341 Å². The lowest BCUT2D eigenvalue weighted by atomic mass is 10.0. The maximum Gasteiger partial charge on any atom is 0.306 e. The topological polar surface area (TPSA) is 78.9 Å². The van der Waals surface area contributed by atoms with Crippen molar-refractivity contribution in [3.8, 4) is 0 Å². The van der Waals surface area contributed by atoms with Gasteiger partial charge < -0.3 is 14.2 Å². The van der Waals surface area contributed by atoms with E-state index in [9.17, 15) is 14.4 Å². The van der Waals surface area contributed by atoms with Gasteiger partial charge in [-0.2, -0.15) is 0 Å². The maximum atomic E-state index is 12.9. The fourth-order valence-corrected chi connectivity index (χ4v) is 9.74. The average Bonchev–Trinajstić information content (AvgIpc) is 3.46. The molecule has 0 aromatic rings. The normalized spacial score (nSPS) is 12.7.